The number of nitrogens with one attached hydrogen (secondary N) is 1. The van der Waals surface area contributed by atoms with Crippen molar-refractivity contribution in [1.82, 2.24) is 10.2 Å². The van der Waals surface area contributed by atoms with E-state index in [0.717, 1.165) is 26.2 Å². The minimum atomic E-state index is 0.125. The predicted octanol–water partition coefficient (Wildman–Crippen LogP) is -0.545. The van der Waals surface area contributed by atoms with E-state index >= 15 is 0 Å². The van der Waals surface area contributed by atoms with Crippen LogP contribution in [-0.4, -0.2) is 50.7 Å². The lowest BCUT2D eigenvalue weighted by Crippen LogP contribution is -2.60. The van der Waals surface area contributed by atoms with Gasteiger partial charge in [0.25, 0.3) is 0 Å². The van der Waals surface area contributed by atoms with E-state index in [0.29, 0.717) is 5.41 Å². The summed E-state index contributed by atoms with van der Waals surface area (Å²) in [5.41, 5.74) is 0.406. The Bertz CT molecular complexity index is 204. The number of methoxy groups -OCH3 is 1. The van der Waals surface area contributed by atoms with Crippen molar-refractivity contribution >= 4 is 5.91 Å². The third-order valence-electron chi connectivity index (χ3n) is 3.01. The van der Waals surface area contributed by atoms with Gasteiger partial charge in [-0.25, -0.2) is 0 Å². The molecule has 0 aromatic heterocycles. The Morgan fingerprint density at radius 3 is 2.92 bits per heavy atom. The summed E-state index contributed by atoms with van der Waals surface area (Å²) in [6.07, 6.45) is 1.21. The summed E-state index contributed by atoms with van der Waals surface area (Å²) in [5, 5.41) is 3.34. The van der Waals surface area contributed by atoms with Gasteiger partial charge in [0.2, 0.25) is 5.91 Å². The summed E-state index contributed by atoms with van der Waals surface area (Å²) in [6.45, 7) is 4.24. The first-order valence-electron chi connectivity index (χ1n) is 4.73. The molecule has 0 unspecified atom stereocenters. The lowest BCUT2D eigenvalue weighted by molar-refractivity contribution is -0.146. The Morgan fingerprint density at radius 1 is 1.62 bits per heavy atom. The molecule has 4 heteroatoms. The molecular weight excluding hydrogens is 168 g/mol. The highest BCUT2D eigenvalue weighted by Crippen LogP contribution is 2.35. The van der Waals surface area contributed by atoms with Gasteiger partial charge in [0.05, 0.1) is 0 Å². The minimum Gasteiger partial charge on any atom is -0.375 e. The molecule has 0 aliphatic carbocycles. The molecule has 1 spiro atoms. The highest BCUT2D eigenvalue weighted by atomic mass is 16.5. The van der Waals surface area contributed by atoms with Gasteiger partial charge in [0.1, 0.15) is 6.61 Å². The molecule has 4 nitrogen and oxygen atoms in total. The third kappa shape index (κ3) is 1.56. The van der Waals surface area contributed by atoms with E-state index in [9.17, 15) is 4.79 Å². The molecule has 0 radical (unpaired) electrons. The van der Waals surface area contributed by atoms with Gasteiger partial charge < -0.3 is 15.0 Å². The summed E-state index contributed by atoms with van der Waals surface area (Å²) in [7, 11) is 1.56. The van der Waals surface area contributed by atoms with Crippen molar-refractivity contribution in [3.63, 3.8) is 0 Å². The van der Waals surface area contributed by atoms with Crippen molar-refractivity contribution < 1.29 is 9.53 Å². The number of amides is 1. The first-order chi connectivity index (χ1) is 6.26. The summed E-state index contributed by atoms with van der Waals surface area (Å²) in [6, 6.07) is 0. The number of hydrogen-bond donors (Lipinski definition) is 1. The van der Waals surface area contributed by atoms with E-state index in [2.05, 4.69) is 5.32 Å². The van der Waals surface area contributed by atoms with Gasteiger partial charge in [-0.1, -0.05) is 0 Å². The summed E-state index contributed by atoms with van der Waals surface area (Å²) in [5.74, 6) is 0.125. The average Bonchev–Trinajstić information content (AvgIpc) is 2.49. The molecule has 2 heterocycles. The molecular formula is C9H16N2O2. The zero-order chi connectivity index (χ0) is 9.31. The van der Waals surface area contributed by atoms with Crippen molar-refractivity contribution in [2.45, 2.75) is 6.42 Å². The lowest BCUT2D eigenvalue weighted by Gasteiger charge is -2.47. The Balaban J connectivity index is 1.80. The van der Waals surface area contributed by atoms with Gasteiger partial charge in [0, 0.05) is 32.2 Å². The van der Waals surface area contributed by atoms with Crippen LogP contribution in [0.4, 0.5) is 0 Å². The molecule has 2 saturated heterocycles. The van der Waals surface area contributed by atoms with Crippen molar-refractivity contribution in [1.29, 1.82) is 0 Å². The standard InChI is InChI=1S/C9H16N2O2/c1-13-4-8(12)11-6-9(7-11)2-3-10-5-9/h10H,2-7H2,1H3. The van der Waals surface area contributed by atoms with Crippen LogP contribution in [0, 0.1) is 5.41 Å². The molecule has 0 atom stereocenters. The van der Waals surface area contributed by atoms with Gasteiger partial charge in [0.15, 0.2) is 0 Å². The van der Waals surface area contributed by atoms with E-state index in [1.165, 1.54) is 6.42 Å². The summed E-state index contributed by atoms with van der Waals surface area (Å²) < 4.78 is 4.80. The van der Waals surface area contributed by atoms with Gasteiger partial charge in [-0.3, -0.25) is 4.79 Å². The topological polar surface area (TPSA) is 41.6 Å². The van der Waals surface area contributed by atoms with Gasteiger partial charge in [-0.15, -0.1) is 0 Å². The molecule has 0 bridgehead atoms. The Kier molecular flexibility index (Phi) is 2.26. The largest absolute Gasteiger partial charge is 0.375 e. The van der Waals surface area contributed by atoms with Crippen LogP contribution in [0.3, 0.4) is 0 Å². The molecule has 13 heavy (non-hydrogen) atoms. The third-order valence-corrected chi connectivity index (χ3v) is 3.01. The van der Waals surface area contributed by atoms with Crippen molar-refractivity contribution in [3.05, 3.63) is 0 Å². The monoisotopic (exact) mass is 184 g/mol. The van der Waals surface area contributed by atoms with Crippen LogP contribution in [0.1, 0.15) is 6.42 Å². The second-order valence-electron chi connectivity index (χ2n) is 4.11. The molecule has 2 fully saturated rings. The molecule has 0 saturated carbocycles. The van der Waals surface area contributed by atoms with E-state index in [4.69, 9.17) is 4.74 Å². The van der Waals surface area contributed by atoms with Gasteiger partial charge >= 0.3 is 0 Å². The Labute approximate surface area is 78.2 Å². The first kappa shape index (κ1) is 8.97. The van der Waals surface area contributed by atoms with Crippen LogP contribution in [-0.2, 0) is 9.53 Å². The number of carbonyl (C=O) groups excluding carboxylic acids is 1. The molecule has 2 aliphatic rings. The molecule has 74 valence electrons. The second-order valence-corrected chi connectivity index (χ2v) is 4.11. The number of ether oxygens (including phenoxy) is 1. The van der Waals surface area contributed by atoms with E-state index in [1.54, 1.807) is 7.11 Å². The number of nitrogens with zero attached hydrogens (tertiary/aromatic N) is 1. The first-order valence-corrected chi connectivity index (χ1v) is 4.73. The average molecular weight is 184 g/mol. The molecule has 0 aromatic rings. The maximum Gasteiger partial charge on any atom is 0.248 e. The minimum absolute atomic E-state index is 0.125. The zero-order valence-corrected chi connectivity index (χ0v) is 8.01. The molecule has 1 amide bonds. The normalized spacial score (nSPS) is 24.8. The fourth-order valence-electron chi connectivity index (χ4n) is 2.22. The summed E-state index contributed by atoms with van der Waals surface area (Å²) in [4.78, 5) is 13.2. The Hall–Kier alpha value is -0.610. The van der Waals surface area contributed by atoms with Crippen molar-refractivity contribution in [2.75, 3.05) is 39.9 Å². The fourth-order valence-corrected chi connectivity index (χ4v) is 2.22. The zero-order valence-electron chi connectivity index (χ0n) is 8.01. The van der Waals surface area contributed by atoms with Crippen LogP contribution < -0.4 is 5.32 Å². The van der Waals surface area contributed by atoms with E-state index in [1.807, 2.05) is 4.90 Å². The van der Waals surface area contributed by atoms with Crippen LogP contribution in [0.25, 0.3) is 0 Å². The smallest absolute Gasteiger partial charge is 0.248 e. The highest BCUT2D eigenvalue weighted by Gasteiger charge is 2.46. The van der Waals surface area contributed by atoms with Crippen molar-refractivity contribution in [2.24, 2.45) is 5.41 Å². The molecule has 1 N–H and O–H groups in total. The maximum absolute atomic E-state index is 11.3. The number of hydrogen-bond acceptors (Lipinski definition) is 3. The van der Waals surface area contributed by atoms with Gasteiger partial charge in [-0.05, 0) is 13.0 Å². The SMILES string of the molecule is COCC(=O)N1CC2(CCNC2)C1. The summed E-state index contributed by atoms with van der Waals surface area (Å²) >= 11 is 0. The quantitative estimate of drug-likeness (QED) is 0.626. The maximum atomic E-state index is 11.3. The van der Waals surface area contributed by atoms with Crippen LogP contribution in [0.2, 0.25) is 0 Å². The van der Waals surface area contributed by atoms with Crippen LogP contribution >= 0.6 is 0 Å². The fraction of sp³-hybridized carbons (Fsp3) is 0.889. The van der Waals surface area contributed by atoms with Crippen LogP contribution in [0.5, 0.6) is 0 Å². The number of likely N-dealkylation sites (tertiary alicyclic amines) is 1. The van der Waals surface area contributed by atoms with E-state index in [-0.39, 0.29) is 12.5 Å². The van der Waals surface area contributed by atoms with Crippen LogP contribution in [0.15, 0.2) is 0 Å². The molecule has 2 aliphatic heterocycles. The van der Waals surface area contributed by atoms with E-state index < -0.39 is 0 Å². The number of carbonyl (C=O) groups is 1. The number of rotatable bonds is 2. The van der Waals surface area contributed by atoms with Gasteiger partial charge in [-0.2, -0.15) is 0 Å². The molecule has 0 aromatic carbocycles. The second kappa shape index (κ2) is 3.27. The molecule has 2 rings (SSSR count). The highest BCUT2D eigenvalue weighted by molar-refractivity contribution is 5.78. The lowest BCUT2D eigenvalue weighted by atomic mass is 9.79. The predicted molar refractivity (Wildman–Crippen MR) is 48.4 cm³/mol. The van der Waals surface area contributed by atoms with Crippen molar-refractivity contribution in [3.8, 4) is 0 Å². The Morgan fingerprint density at radius 2 is 2.38 bits per heavy atom.